The second-order valence-electron chi connectivity index (χ2n) is 3.32. The standard InChI is InChI=1S/C9H15N3O2S/c1-11(2)15(13,14)12(3)9-7-5-4-6-8(9)10/h4-7H,10H2,1-3H3. The van der Waals surface area contributed by atoms with Gasteiger partial charge in [0.25, 0.3) is 0 Å². The Bertz CT molecular complexity index is 442. The molecule has 0 aliphatic carbocycles. The smallest absolute Gasteiger partial charge is 0.303 e. The molecule has 6 heteroatoms. The Morgan fingerprint density at radius 3 is 2.13 bits per heavy atom. The van der Waals surface area contributed by atoms with Crippen molar-refractivity contribution in [2.75, 3.05) is 31.2 Å². The van der Waals surface area contributed by atoms with E-state index in [0.29, 0.717) is 11.4 Å². The quantitative estimate of drug-likeness (QED) is 0.768. The summed E-state index contributed by atoms with van der Waals surface area (Å²) in [4.78, 5) is 0. The van der Waals surface area contributed by atoms with E-state index in [2.05, 4.69) is 0 Å². The highest BCUT2D eigenvalue weighted by Gasteiger charge is 2.21. The highest BCUT2D eigenvalue weighted by molar-refractivity contribution is 7.90. The maximum atomic E-state index is 11.8. The fourth-order valence-electron chi connectivity index (χ4n) is 1.14. The van der Waals surface area contributed by atoms with Gasteiger partial charge in [-0.3, -0.25) is 4.31 Å². The first-order valence-corrected chi connectivity index (χ1v) is 5.78. The van der Waals surface area contributed by atoms with Crippen molar-refractivity contribution in [3.8, 4) is 0 Å². The van der Waals surface area contributed by atoms with Crippen molar-refractivity contribution in [2.45, 2.75) is 0 Å². The molecule has 1 aromatic rings. The number of hydrogen-bond acceptors (Lipinski definition) is 3. The van der Waals surface area contributed by atoms with Gasteiger partial charge in [0.15, 0.2) is 0 Å². The Labute approximate surface area is 90.3 Å². The molecule has 5 nitrogen and oxygen atoms in total. The van der Waals surface area contributed by atoms with Crippen LogP contribution in [0.15, 0.2) is 24.3 Å². The van der Waals surface area contributed by atoms with Crippen LogP contribution in [0.3, 0.4) is 0 Å². The SMILES string of the molecule is CN(C)S(=O)(=O)N(C)c1ccccc1N. The summed E-state index contributed by atoms with van der Waals surface area (Å²) < 4.78 is 25.9. The Balaban J connectivity index is 3.17. The predicted octanol–water partition coefficient (Wildman–Crippen LogP) is 0.511. The molecule has 0 fully saturated rings. The topological polar surface area (TPSA) is 66.6 Å². The third kappa shape index (κ3) is 2.21. The van der Waals surface area contributed by atoms with Gasteiger partial charge >= 0.3 is 10.2 Å². The molecule has 1 aromatic carbocycles. The first-order valence-electron chi connectivity index (χ1n) is 4.38. The number of nitrogen functional groups attached to an aromatic ring is 1. The second-order valence-corrected chi connectivity index (χ2v) is 5.49. The van der Waals surface area contributed by atoms with E-state index in [0.717, 1.165) is 8.61 Å². The average Bonchev–Trinajstić information content (AvgIpc) is 2.17. The monoisotopic (exact) mass is 229 g/mol. The number of para-hydroxylation sites is 2. The molecule has 0 bridgehead atoms. The van der Waals surface area contributed by atoms with Crippen molar-refractivity contribution < 1.29 is 8.42 Å². The zero-order valence-corrected chi connectivity index (χ0v) is 9.82. The first kappa shape index (κ1) is 11.8. The number of hydrogen-bond donors (Lipinski definition) is 1. The third-order valence-corrected chi connectivity index (χ3v) is 3.90. The van der Waals surface area contributed by atoms with E-state index in [-0.39, 0.29) is 0 Å². The third-order valence-electron chi connectivity index (χ3n) is 2.08. The van der Waals surface area contributed by atoms with Crippen LogP contribution in [0.4, 0.5) is 11.4 Å². The average molecular weight is 229 g/mol. The molecule has 0 aromatic heterocycles. The van der Waals surface area contributed by atoms with Gasteiger partial charge < -0.3 is 5.73 Å². The number of rotatable bonds is 3. The number of anilines is 2. The van der Waals surface area contributed by atoms with Crippen LogP contribution in [0.2, 0.25) is 0 Å². The maximum absolute atomic E-state index is 11.8. The fraction of sp³-hybridized carbons (Fsp3) is 0.333. The normalized spacial score (nSPS) is 11.7. The molecule has 0 saturated heterocycles. The summed E-state index contributed by atoms with van der Waals surface area (Å²) in [5, 5.41) is 0. The minimum Gasteiger partial charge on any atom is -0.397 e. The first-order chi connectivity index (χ1) is 6.87. The molecule has 0 spiro atoms. The Morgan fingerprint density at radius 2 is 1.67 bits per heavy atom. The summed E-state index contributed by atoms with van der Waals surface area (Å²) in [6.45, 7) is 0. The maximum Gasteiger partial charge on any atom is 0.303 e. The van der Waals surface area contributed by atoms with Gasteiger partial charge in [0.2, 0.25) is 0 Å². The molecule has 0 unspecified atom stereocenters. The molecule has 0 aliphatic rings. The predicted molar refractivity (Wildman–Crippen MR) is 61.9 cm³/mol. The lowest BCUT2D eigenvalue weighted by Crippen LogP contribution is -2.37. The largest absolute Gasteiger partial charge is 0.397 e. The molecule has 0 aliphatic heterocycles. The molecular formula is C9H15N3O2S. The van der Waals surface area contributed by atoms with Gasteiger partial charge in [0, 0.05) is 21.1 Å². The van der Waals surface area contributed by atoms with E-state index in [4.69, 9.17) is 5.73 Å². The van der Waals surface area contributed by atoms with E-state index in [1.54, 1.807) is 24.3 Å². The molecule has 0 heterocycles. The lowest BCUT2D eigenvalue weighted by Gasteiger charge is -2.24. The van der Waals surface area contributed by atoms with Gasteiger partial charge in [0.05, 0.1) is 11.4 Å². The summed E-state index contributed by atoms with van der Waals surface area (Å²) in [5.74, 6) is 0. The van der Waals surface area contributed by atoms with Crippen molar-refractivity contribution in [3.05, 3.63) is 24.3 Å². The van der Waals surface area contributed by atoms with Gasteiger partial charge in [-0.25, -0.2) is 0 Å². The molecule has 84 valence electrons. The molecule has 0 radical (unpaired) electrons. The van der Waals surface area contributed by atoms with Crippen LogP contribution < -0.4 is 10.0 Å². The van der Waals surface area contributed by atoms with Crippen LogP contribution in [0.5, 0.6) is 0 Å². The van der Waals surface area contributed by atoms with Crippen LogP contribution >= 0.6 is 0 Å². The van der Waals surface area contributed by atoms with E-state index in [1.165, 1.54) is 21.1 Å². The summed E-state index contributed by atoms with van der Waals surface area (Å²) in [7, 11) is 0.962. The van der Waals surface area contributed by atoms with Gasteiger partial charge in [0.1, 0.15) is 0 Å². The van der Waals surface area contributed by atoms with E-state index in [1.807, 2.05) is 0 Å². The number of nitrogens with two attached hydrogens (primary N) is 1. The summed E-state index contributed by atoms with van der Waals surface area (Å²) >= 11 is 0. The van der Waals surface area contributed by atoms with Crippen LogP contribution in [0.1, 0.15) is 0 Å². The molecule has 0 saturated carbocycles. The van der Waals surface area contributed by atoms with Crippen molar-refractivity contribution in [3.63, 3.8) is 0 Å². The molecule has 15 heavy (non-hydrogen) atoms. The van der Waals surface area contributed by atoms with Crippen LogP contribution in [-0.4, -0.2) is 33.9 Å². The zero-order chi connectivity index (χ0) is 11.6. The summed E-state index contributed by atoms with van der Waals surface area (Å²) in [6, 6.07) is 6.83. The van der Waals surface area contributed by atoms with Crippen LogP contribution in [-0.2, 0) is 10.2 Å². The van der Waals surface area contributed by atoms with Gasteiger partial charge in [-0.15, -0.1) is 0 Å². The van der Waals surface area contributed by atoms with Gasteiger partial charge in [-0.2, -0.15) is 12.7 Å². The van der Waals surface area contributed by atoms with Crippen molar-refractivity contribution in [1.29, 1.82) is 0 Å². The second kappa shape index (κ2) is 4.08. The molecule has 0 atom stereocenters. The fourth-order valence-corrected chi connectivity index (χ4v) is 2.05. The number of benzene rings is 1. The number of nitrogens with zero attached hydrogens (tertiary/aromatic N) is 2. The van der Waals surface area contributed by atoms with E-state index < -0.39 is 10.2 Å². The lowest BCUT2D eigenvalue weighted by molar-refractivity contribution is 0.519. The van der Waals surface area contributed by atoms with Crippen LogP contribution in [0.25, 0.3) is 0 Å². The summed E-state index contributed by atoms with van der Waals surface area (Å²) in [5.41, 5.74) is 6.61. The van der Waals surface area contributed by atoms with Crippen LogP contribution in [0, 0.1) is 0 Å². The van der Waals surface area contributed by atoms with Gasteiger partial charge in [-0.1, -0.05) is 12.1 Å². The Hall–Kier alpha value is -1.27. The minimum atomic E-state index is -3.47. The molecule has 1 rings (SSSR count). The zero-order valence-electron chi connectivity index (χ0n) is 9.01. The molecular weight excluding hydrogens is 214 g/mol. The lowest BCUT2D eigenvalue weighted by atomic mass is 10.3. The van der Waals surface area contributed by atoms with E-state index in [9.17, 15) is 8.42 Å². The Morgan fingerprint density at radius 1 is 1.13 bits per heavy atom. The Kier molecular flexibility index (Phi) is 3.21. The minimum absolute atomic E-state index is 0.436. The van der Waals surface area contributed by atoms with E-state index >= 15 is 0 Å². The molecule has 2 N–H and O–H groups in total. The van der Waals surface area contributed by atoms with Gasteiger partial charge in [-0.05, 0) is 12.1 Å². The van der Waals surface area contributed by atoms with Crippen molar-refractivity contribution >= 4 is 21.6 Å². The summed E-state index contributed by atoms with van der Waals surface area (Å²) in [6.07, 6.45) is 0. The highest BCUT2D eigenvalue weighted by atomic mass is 32.2. The van der Waals surface area contributed by atoms with Crippen molar-refractivity contribution in [2.24, 2.45) is 0 Å². The van der Waals surface area contributed by atoms with Crippen molar-refractivity contribution in [1.82, 2.24) is 4.31 Å². The molecule has 0 amide bonds. The highest BCUT2D eigenvalue weighted by Crippen LogP contribution is 2.23.